The number of phenols is 1. The topological polar surface area (TPSA) is 55.5 Å². The smallest absolute Gasteiger partial charge is 0.151 e. The number of nitrogens with two attached hydrogens (primary N) is 1. The molecule has 0 aromatic heterocycles. The Morgan fingerprint density at radius 1 is 1.28 bits per heavy atom. The lowest BCUT2D eigenvalue weighted by molar-refractivity contribution is 0.138. The third kappa shape index (κ3) is 4.66. The summed E-state index contributed by atoms with van der Waals surface area (Å²) < 4.78 is 5.98. The number of aromatic hydroxyl groups is 1. The molecule has 5 heteroatoms. The van der Waals surface area contributed by atoms with E-state index in [9.17, 15) is 5.11 Å². The maximum atomic E-state index is 10.0. The van der Waals surface area contributed by atoms with Gasteiger partial charge in [-0.25, -0.2) is 0 Å². The maximum Gasteiger partial charge on any atom is 0.151 e. The maximum absolute atomic E-state index is 10.0. The average Bonchev–Trinajstić information content (AvgIpc) is 2.74. The summed E-state index contributed by atoms with van der Waals surface area (Å²) >= 11 is 3.56. The fourth-order valence-electron chi connectivity index (χ4n) is 3.04. The molecule has 3 nitrogen and oxygen atoms in total. The van der Waals surface area contributed by atoms with Crippen LogP contribution in [0.2, 0.25) is 0 Å². The van der Waals surface area contributed by atoms with Gasteiger partial charge in [-0.15, -0.1) is 23.5 Å². The number of aryl methyl sites for hydroxylation is 1. The number of fused-ring (bicyclic) bond motifs is 1. The first-order chi connectivity index (χ1) is 12.0. The van der Waals surface area contributed by atoms with E-state index in [1.54, 1.807) is 17.8 Å². The van der Waals surface area contributed by atoms with Crippen LogP contribution in [0.15, 0.2) is 52.3 Å². The van der Waals surface area contributed by atoms with Gasteiger partial charge in [0.2, 0.25) is 0 Å². The summed E-state index contributed by atoms with van der Waals surface area (Å²) in [6.45, 7) is 4.29. The average molecular weight is 376 g/mol. The van der Waals surface area contributed by atoms with Crippen molar-refractivity contribution in [3.63, 3.8) is 0 Å². The van der Waals surface area contributed by atoms with Crippen LogP contribution in [0.4, 0.5) is 0 Å². The number of rotatable bonds is 5. The Balaban J connectivity index is 1.57. The Morgan fingerprint density at radius 2 is 2.08 bits per heavy atom. The first-order valence-electron chi connectivity index (χ1n) is 8.60. The number of para-hydroxylation sites is 1. The van der Waals surface area contributed by atoms with E-state index in [4.69, 9.17) is 10.5 Å². The van der Waals surface area contributed by atoms with E-state index in [1.807, 2.05) is 49.0 Å². The normalized spacial score (nSPS) is 21.1. The Kier molecular flexibility index (Phi) is 6.20. The molecule has 25 heavy (non-hydrogen) atoms. The van der Waals surface area contributed by atoms with Crippen molar-refractivity contribution in [2.45, 2.75) is 36.3 Å². The van der Waals surface area contributed by atoms with Crippen LogP contribution in [0.3, 0.4) is 0 Å². The van der Waals surface area contributed by atoms with E-state index < -0.39 is 0 Å². The second kappa shape index (κ2) is 8.39. The molecule has 134 valence electrons. The highest BCUT2D eigenvalue weighted by Crippen LogP contribution is 2.38. The minimum absolute atomic E-state index is 0.268. The van der Waals surface area contributed by atoms with E-state index in [1.165, 1.54) is 4.90 Å². The zero-order chi connectivity index (χ0) is 17.8. The monoisotopic (exact) mass is 375 g/mol. The molecule has 3 atom stereocenters. The van der Waals surface area contributed by atoms with Gasteiger partial charge in [0.1, 0.15) is 11.5 Å². The molecule has 0 amide bonds. The van der Waals surface area contributed by atoms with Gasteiger partial charge >= 0.3 is 0 Å². The van der Waals surface area contributed by atoms with Crippen LogP contribution in [0.1, 0.15) is 18.9 Å². The van der Waals surface area contributed by atoms with Crippen LogP contribution in [0.25, 0.3) is 0 Å². The molecular weight excluding hydrogens is 350 g/mol. The van der Waals surface area contributed by atoms with Crippen LogP contribution < -0.4 is 10.5 Å². The summed E-state index contributed by atoms with van der Waals surface area (Å²) in [5.41, 5.74) is 7.44. The van der Waals surface area contributed by atoms with Gasteiger partial charge in [-0.1, -0.05) is 31.2 Å². The first-order valence-corrected chi connectivity index (χ1v) is 10.6. The third-order valence-corrected chi connectivity index (χ3v) is 7.24. The number of hydrogen-bond acceptors (Lipinski definition) is 5. The van der Waals surface area contributed by atoms with Crippen molar-refractivity contribution in [3.8, 4) is 11.5 Å². The molecule has 0 saturated heterocycles. The summed E-state index contributed by atoms with van der Waals surface area (Å²) in [5.74, 6) is 4.01. The number of hydrogen-bond donors (Lipinski definition) is 2. The van der Waals surface area contributed by atoms with Crippen molar-refractivity contribution in [3.05, 3.63) is 48.0 Å². The van der Waals surface area contributed by atoms with Crippen LogP contribution >= 0.6 is 23.5 Å². The SMILES string of the molecule is Cc1cccc(O)c1SC[C@@H](C)C[C@H]1CSc2ccccc2OC1N. The quantitative estimate of drug-likeness (QED) is 0.728. The van der Waals surface area contributed by atoms with E-state index in [0.29, 0.717) is 17.6 Å². The molecule has 0 aliphatic carbocycles. The largest absolute Gasteiger partial charge is 0.507 e. The summed E-state index contributed by atoms with van der Waals surface area (Å²) in [6.07, 6.45) is 0.748. The highest BCUT2D eigenvalue weighted by atomic mass is 32.2. The van der Waals surface area contributed by atoms with Crippen molar-refractivity contribution in [2.24, 2.45) is 17.6 Å². The molecular formula is C20H25NO2S2. The van der Waals surface area contributed by atoms with Gasteiger partial charge < -0.3 is 9.84 Å². The molecule has 1 heterocycles. The van der Waals surface area contributed by atoms with Crippen LogP contribution in [0, 0.1) is 18.8 Å². The van der Waals surface area contributed by atoms with Gasteiger partial charge in [0, 0.05) is 22.3 Å². The molecule has 2 aromatic rings. The van der Waals surface area contributed by atoms with Crippen molar-refractivity contribution in [1.29, 1.82) is 0 Å². The molecule has 0 fully saturated rings. The van der Waals surface area contributed by atoms with Crippen molar-refractivity contribution in [1.82, 2.24) is 0 Å². The molecule has 3 rings (SSSR count). The molecule has 0 bridgehead atoms. The van der Waals surface area contributed by atoms with Gasteiger partial charge in [-0.3, -0.25) is 5.73 Å². The lowest BCUT2D eigenvalue weighted by Gasteiger charge is -2.24. The van der Waals surface area contributed by atoms with Gasteiger partial charge in [0.15, 0.2) is 6.23 Å². The molecule has 1 aliphatic rings. The predicted octanol–water partition coefficient (Wildman–Crippen LogP) is 4.90. The zero-order valence-corrected chi connectivity index (χ0v) is 16.3. The predicted molar refractivity (Wildman–Crippen MR) is 107 cm³/mol. The molecule has 1 unspecified atom stereocenters. The lowest BCUT2D eigenvalue weighted by atomic mass is 9.97. The van der Waals surface area contributed by atoms with Gasteiger partial charge in [0.05, 0.1) is 4.90 Å². The zero-order valence-electron chi connectivity index (χ0n) is 14.6. The lowest BCUT2D eigenvalue weighted by Crippen LogP contribution is -2.37. The van der Waals surface area contributed by atoms with Crippen LogP contribution in [0.5, 0.6) is 11.5 Å². The van der Waals surface area contributed by atoms with Crippen LogP contribution in [-0.2, 0) is 0 Å². The van der Waals surface area contributed by atoms with E-state index >= 15 is 0 Å². The van der Waals surface area contributed by atoms with E-state index in [-0.39, 0.29) is 6.23 Å². The molecule has 2 aromatic carbocycles. The Labute approximate surface area is 158 Å². The molecule has 0 saturated carbocycles. The highest BCUT2D eigenvalue weighted by Gasteiger charge is 2.26. The second-order valence-corrected chi connectivity index (χ2v) is 8.77. The number of ether oxygens (including phenoxy) is 1. The first kappa shape index (κ1) is 18.5. The number of phenolic OH excluding ortho intramolecular Hbond substituents is 1. The van der Waals surface area contributed by atoms with Crippen molar-refractivity contribution < 1.29 is 9.84 Å². The molecule has 1 aliphatic heterocycles. The summed E-state index contributed by atoms with van der Waals surface area (Å²) in [6, 6.07) is 13.8. The van der Waals surface area contributed by atoms with Crippen LogP contribution in [-0.4, -0.2) is 22.8 Å². The number of thioether (sulfide) groups is 2. The Morgan fingerprint density at radius 3 is 2.88 bits per heavy atom. The fourth-order valence-corrected chi connectivity index (χ4v) is 5.29. The van der Waals surface area contributed by atoms with E-state index in [0.717, 1.165) is 34.1 Å². The summed E-state index contributed by atoms with van der Waals surface area (Å²) in [4.78, 5) is 2.16. The van der Waals surface area contributed by atoms with Gasteiger partial charge in [0.25, 0.3) is 0 Å². The highest BCUT2D eigenvalue weighted by molar-refractivity contribution is 7.99. The van der Waals surface area contributed by atoms with E-state index in [2.05, 4.69) is 13.0 Å². The third-order valence-electron chi connectivity index (χ3n) is 4.44. The summed E-state index contributed by atoms with van der Waals surface area (Å²) in [5, 5.41) is 10.0. The number of benzene rings is 2. The minimum atomic E-state index is -0.268. The van der Waals surface area contributed by atoms with Gasteiger partial charge in [-0.05, 0) is 43.0 Å². The summed E-state index contributed by atoms with van der Waals surface area (Å²) in [7, 11) is 0. The van der Waals surface area contributed by atoms with Crippen molar-refractivity contribution in [2.75, 3.05) is 11.5 Å². The molecule has 0 spiro atoms. The second-order valence-electron chi connectivity index (χ2n) is 6.68. The molecule has 0 radical (unpaired) electrons. The molecule has 3 N–H and O–H groups in total. The van der Waals surface area contributed by atoms with Gasteiger partial charge in [-0.2, -0.15) is 0 Å². The minimum Gasteiger partial charge on any atom is -0.507 e. The Hall–Kier alpha value is -1.30. The Bertz CT molecular complexity index is 702. The van der Waals surface area contributed by atoms with Crippen molar-refractivity contribution >= 4 is 23.5 Å². The fraction of sp³-hybridized carbons (Fsp3) is 0.400. The standard InChI is InChI=1S/C20H25NO2S2/c1-13(11-25-19-14(2)6-5-7-16(19)22)10-15-12-24-18-9-4-3-8-17(18)23-20(15)21/h3-9,13,15,20,22H,10-12,21H2,1-2H3/t13-,15-,20?/m0/s1.